The van der Waals surface area contributed by atoms with Gasteiger partial charge in [-0.3, -0.25) is 14.4 Å². The van der Waals surface area contributed by atoms with E-state index in [9.17, 15) is 14.4 Å². The lowest BCUT2D eigenvalue weighted by atomic mass is 9.99. The summed E-state index contributed by atoms with van der Waals surface area (Å²) in [6, 6.07) is 0. The lowest BCUT2D eigenvalue weighted by molar-refractivity contribution is -0.167. The van der Waals surface area contributed by atoms with Gasteiger partial charge in [0.1, 0.15) is 13.2 Å². The van der Waals surface area contributed by atoms with Crippen LogP contribution < -0.4 is 0 Å². The van der Waals surface area contributed by atoms with E-state index < -0.39 is 6.10 Å². The summed E-state index contributed by atoms with van der Waals surface area (Å²) in [5.74, 6) is 1.64. The minimum Gasteiger partial charge on any atom is -0.462 e. The Bertz CT molecular complexity index is 885. The predicted molar refractivity (Wildman–Crippen MR) is 243 cm³/mol. The third-order valence-electron chi connectivity index (χ3n) is 11.8. The van der Waals surface area contributed by atoms with E-state index >= 15 is 0 Å². The third kappa shape index (κ3) is 43.8. The first kappa shape index (κ1) is 55.4. The molecule has 338 valence electrons. The summed E-state index contributed by atoms with van der Waals surface area (Å²) in [4.78, 5) is 37.9. The molecule has 57 heavy (non-hydrogen) atoms. The average Bonchev–Trinajstić information content (AvgIpc) is 3.18. The molecule has 0 aliphatic heterocycles. The molecule has 0 heterocycles. The highest BCUT2D eigenvalue weighted by Crippen LogP contribution is 2.18. The van der Waals surface area contributed by atoms with Gasteiger partial charge in [-0.15, -0.1) is 0 Å². The Kier molecular flexibility index (Phi) is 41.3. The first-order chi connectivity index (χ1) is 27.6. The van der Waals surface area contributed by atoms with E-state index in [1.165, 1.54) is 154 Å². The highest BCUT2D eigenvalue weighted by Gasteiger charge is 2.19. The first-order valence-corrected chi connectivity index (χ1v) is 25.1. The topological polar surface area (TPSA) is 78.9 Å². The molecule has 0 rings (SSSR count). The van der Waals surface area contributed by atoms with Crippen molar-refractivity contribution < 1.29 is 28.6 Å². The molecule has 0 aliphatic rings. The maximum atomic E-state index is 12.8. The molecule has 0 aromatic rings. The van der Waals surface area contributed by atoms with Crippen LogP contribution in [-0.4, -0.2) is 37.2 Å². The molecule has 6 heteroatoms. The summed E-state index contributed by atoms with van der Waals surface area (Å²) in [5, 5.41) is 0. The number of hydrogen-bond donors (Lipinski definition) is 0. The molecule has 0 aliphatic carbocycles. The van der Waals surface area contributed by atoms with Crippen molar-refractivity contribution in [3.63, 3.8) is 0 Å². The van der Waals surface area contributed by atoms with Crippen LogP contribution in [0.2, 0.25) is 0 Å². The van der Waals surface area contributed by atoms with Gasteiger partial charge >= 0.3 is 17.9 Å². The molecule has 6 nitrogen and oxygen atoms in total. The fourth-order valence-electron chi connectivity index (χ4n) is 7.55. The third-order valence-corrected chi connectivity index (χ3v) is 11.8. The van der Waals surface area contributed by atoms with Gasteiger partial charge in [-0.25, -0.2) is 0 Å². The van der Waals surface area contributed by atoms with Crippen LogP contribution in [0.5, 0.6) is 0 Å². The Balaban J connectivity index is 4.34. The number of hydrogen-bond acceptors (Lipinski definition) is 6. The van der Waals surface area contributed by atoms with E-state index in [2.05, 4.69) is 41.5 Å². The molecular weight excluding hydrogens is 709 g/mol. The predicted octanol–water partition coefficient (Wildman–Crippen LogP) is 16.0. The Morgan fingerprint density at radius 3 is 0.912 bits per heavy atom. The molecular formula is C51H98O6. The molecule has 0 fully saturated rings. The smallest absolute Gasteiger partial charge is 0.306 e. The fourth-order valence-corrected chi connectivity index (χ4v) is 7.55. The molecule has 0 N–H and O–H groups in total. The number of unbranched alkanes of at least 4 members (excludes halogenated alkanes) is 26. The molecule has 0 aromatic heterocycles. The SMILES string of the molecule is CCC(C)CCCCCCCCCCCCC(=O)O[C@H](COC(=O)CCCCCCCCCCCCC(C)C)COC(=O)CCCCCCCCCCCC(C)C. The van der Waals surface area contributed by atoms with E-state index in [1.54, 1.807) is 0 Å². The molecule has 2 atom stereocenters. The van der Waals surface area contributed by atoms with Gasteiger partial charge in [0.15, 0.2) is 6.10 Å². The van der Waals surface area contributed by atoms with Crippen molar-refractivity contribution in [2.75, 3.05) is 13.2 Å². The molecule has 0 radical (unpaired) electrons. The maximum Gasteiger partial charge on any atom is 0.306 e. The first-order valence-electron chi connectivity index (χ1n) is 25.1. The van der Waals surface area contributed by atoms with Crippen LogP contribution in [0.3, 0.4) is 0 Å². The van der Waals surface area contributed by atoms with Crippen LogP contribution in [0.15, 0.2) is 0 Å². The summed E-state index contributed by atoms with van der Waals surface area (Å²) < 4.78 is 16.8. The van der Waals surface area contributed by atoms with E-state index in [4.69, 9.17) is 14.2 Å². The van der Waals surface area contributed by atoms with Gasteiger partial charge in [-0.1, -0.05) is 234 Å². The van der Waals surface area contributed by atoms with Crippen LogP contribution in [-0.2, 0) is 28.6 Å². The van der Waals surface area contributed by atoms with E-state index in [0.29, 0.717) is 19.3 Å². The minimum absolute atomic E-state index is 0.0654. The summed E-state index contributed by atoms with van der Waals surface area (Å²) in [7, 11) is 0. The summed E-state index contributed by atoms with van der Waals surface area (Å²) in [6.45, 7) is 13.7. The van der Waals surface area contributed by atoms with Crippen molar-refractivity contribution in [3.05, 3.63) is 0 Å². The second-order valence-corrected chi connectivity index (χ2v) is 18.6. The van der Waals surface area contributed by atoms with Gasteiger partial charge in [0, 0.05) is 19.3 Å². The summed E-state index contributed by atoms with van der Waals surface area (Å²) in [6.07, 6.45) is 40.8. The number of ether oxygens (including phenoxy) is 3. The Morgan fingerprint density at radius 1 is 0.351 bits per heavy atom. The zero-order valence-corrected chi connectivity index (χ0v) is 39.1. The lowest BCUT2D eigenvalue weighted by Gasteiger charge is -2.18. The van der Waals surface area contributed by atoms with Gasteiger partial charge < -0.3 is 14.2 Å². The van der Waals surface area contributed by atoms with E-state index in [0.717, 1.165) is 75.5 Å². The number of esters is 3. The van der Waals surface area contributed by atoms with Gasteiger partial charge in [0.2, 0.25) is 0 Å². The van der Waals surface area contributed by atoms with Crippen molar-refractivity contribution >= 4 is 17.9 Å². The highest BCUT2D eigenvalue weighted by molar-refractivity contribution is 5.71. The maximum absolute atomic E-state index is 12.8. The van der Waals surface area contributed by atoms with Gasteiger partial charge in [-0.2, -0.15) is 0 Å². The van der Waals surface area contributed by atoms with Crippen molar-refractivity contribution in [3.8, 4) is 0 Å². The quantitative estimate of drug-likeness (QED) is 0.0347. The number of carbonyl (C=O) groups is 3. The van der Waals surface area contributed by atoms with Crippen molar-refractivity contribution in [1.29, 1.82) is 0 Å². The monoisotopic (exact) mass is 807 g/mol. The molecule has 0 spiro atoms. The lowest BCUT2D eigenvalue weighted by Crippen LogP contribution is -2.30. The molecule has 0 amide bonds. The molecule has 0 saturated heterocycles. The second kappa shape index (κ2) is 42.5. The van der Waals surface area contributed by atoms with Gasteiger partial charge in [0.25, 0.3) is 0 Å². The van der Waals surface area contributed by atoms with Crippen LogP contribution in [0, 0.1) is 17.8 Å². The normalized spacial score (nSPS) is 12.6. The van der Waals surface area contributed by atoms with E-state index in [1.807, 2.05) is 0 Å². The molecule has 1 unspecified atom stereocenters. The minimum atomic E-state index is -0.763. The number of rotatable bonds is 44. The van der Waals surface area contributed by atoms with Crippen molar-refractivity contribution in [2.24, 2.45) is 17.8 Å². The van der Waals surface area contributed by atoms with Crippen LogP contribution >= 0.6 is 0 Å². The second-order valence-electron chi connectivity index (χ2n) is 18.6. The van der Waals surface area contributed by atoms with Crippen LogP contribution in [0.4, 0.5) is 0 Å². The van der Waals surface area contributed by atoms with Gasteiger partial charge in [-0.05, 0) is 37.0 Å². The molecule has 0 bridgehead atoms. The van der Waals surface area contributed by atoms with Gasteiger partial charge in [0.05, 0.1) is 0 Å². The van der Waals surface area contributed by atoms with Crippen LogP contribution in [0.1, 0.15) is 273 Å². The van der Waals surface area contributed by atoms with Crippen LogP contribution in [0.25, 0.3) is 0 Å². The Hall–Kier alpha value is -1.59. The fraction of sp³-hybridized carbons (Fsp3) is 0.941. The Labute approximate surface area is 355 Å². The number of carbonyl (C=O) groups excluding carboxylic acids is 3. The van der Waals surface area contributed by atoms with Crippen molar-refractivity contribution in [1.82, 2.24) is 0 Å². The summed E-state index contributed by atoms with van der Waals surface area (Å²) >= 11 is 0. The zero-order chi connectivity index (χ0) is 42.0. The zero-order valence-electron chi connectivity index (χ0n) is 39.1. The van der Waals surface area contributed by atoms with Crippen molar-refractivity contribution in [2.45, 2.75) is 279 Å². The standard InChI is InChI=1S/C51H98O6/c1-7-47(6)39-33-27-21-15-9-11-17-24-30-36-42-51(54)57-48(44-56-50(53)41-35-29-23-18-12-14-20-26-32-38-46(4)5)43-55-49(52)40-34-28-22-16-10-8-13-19-25-31-37-45(2)3/h45-48H,7-44H2,1-6H3/t47?,48-/m1/s1. The van der Waals surface area contributed by atoms with E-state index in [-0.39, 0.29) is 31.1 Å². The largest absolute Gasteiger partial charge is 0.462 e. The average molecular weight is 807 g/mol. The summed E-state index contributed by atoms with van der Waals surface area (Å²) in [5.41, 5.74) is 0. The molecule has 0 saturated carbocycles. The molecule has 0 aromatic carbocycles. The highest BCUT2D eigenvalue weighted by atomic mass is 16.6. The Morgan fingerprint density at radius 2 is 0.614 bits per heavy atom.